The van der Waals surface area contributed by atoms with Gasteiger partial charge in [-0.1, -0.05) is 31.0 Å². The van der Waals surface area contributed by atoms with Gasteiger partial charge in [-0.2, -0.15) is 0 Å². The van der Waals surface area contributed by atoms with E-state index in [0.29, 0.717) is 0 Å². The maximum Gasteiger partial charge on any atom is 0.127 e. The van der Waals surface area contributed by atoms with Crippen molar-refractivity contribution in [3.63, 3.8) is 0 Å². The summed E-state index contributed by atoms with van der Waals surface area (Å²) < 4.78 is 13.8. The quantitative estimate of drug-likeness (QED) is 0.847. The monoisotopic (exact) mass is 264 g/mol. The van der Waals surface area contributed by atoms with Gasteiger partial charge in [0.15, 0.2) is 0 Å². The molecule has 1 unspecified atom stereocenters. The third-order valence-corrected chi connectivity index (χ3v) is 4.35. The molecule has 0 aliphatic heterocycles. The predicted octanol–water partition coefficient (Wildman–Crippen LogP) is 3.35. The number of nitrogens with zero attached hydrogens (tertiary/aromatic N) is 1. The number of hydrogen-bond acceptors (Lipinski definition) is 2. The molecular formula is C16H25FN2. The molecule has 0 radical (unpaired) electrons. The van der Waals surface area contributed by atoms with Gasteiger partial charge in [-0.25, -0.2) is 4.39 Å². The zero-order chi connectivity index (χ0) is 13.7. The average molecular weight is 264 g/mol. The summed E-state index contributed by atoms with van der Waals surface area (Å²) in [5.74, 6) is -0.106. The molecule has 1 saturated carbocycles. The van der Waals surface area contributed by atoms with Crippen molar-refractivity contribution in [1.29, 1.82) is 0 Å². The summed E-state index contributed by atoms with van der Waals surface area (Å²) in [7, 11) is 4.11. The highest BCUT2D eigenvalue weighted by atomic mass is 19.1. The van der Waals surface area contributed by atoms with Crippen LogP contribution in [-0.2, 0) is 0 Å². The minimum atomic E-state index is -0.106. The molecule has 0 heterocycles. The van der Waals surface area contributed by atoms with Crippen LogP contribution in [-0.4, -0.2) is 31.6 Å². The van der Waals surface area contributed by atoms with Crippen LogP contribution in [0.15, 0.2) is 24.3 Å². The standard InChI is InChI=1S/C16H25FN2/c1-18-16(14-9-5-6-10-15(14)17)11-12-19(2)13-7-3-4-8-13/h5-6,9-10,13,16,18H,3-4,7-8,11-12H2,1-2H3. The molecule has 1 N–H and O–H groups in total. The second-order valence-corrected chi connectivity index (χ2v) is 5.57. The Labute approximate surface area is 116 Å². The van der Waals surface area contributed by atoms with Crippen LogP contribution >= 0.6 is 0 Å². The van der Waals surface area contributed by atoms with Crippen molar-refractivity contribution in [2.24, 2.45) is 0 Å². The SMILES string of the molecule is CNC(CCN(C)C1CCCC1)c1ccccc1F. The Bertz CT molecular complexity index is 388. The molecule has 1 fully saturated rings. The van der Waals surface area contributed by atoms with E-state index >= 15 is 0 Å². The topological polar surface area (TPSA) is 15.3 Å². The molecule has 1 aliphatic carbocycles. The summed E-state index contributed by atoms with van der Waals surface area (Å²) in [6.45, 7) is 1.02. The molecule has 0 saturated heterocycles. The van der Waals surface area contributed by atoms with Gasteiger partial charge in [-0.15, -0.1) is 0 Å². The fourth-order valence-electron chi connectivity index (χ4n) is 3.07. The van der Waals surface area contributed by atoms with E-state index in [1.165, 1.54) is 25.7 Å². The molecule has 0 aromatic heterocycles. The number of nitrogens with one attached hydrogen (secondary N) is 1. The summed E-state index contributed by atoms with van der Waals surface area (Å²) >= 11 is 0. The average Bonchev–Trinajstić information content (AvgIpc) is 2.95. The molecule has 1 aromatic carbocycles. The van der Waals surface area contributed by atoms with Gasteiger partial charge in [0.25, 0.3) is 0 Å². The molecule has 106 valence electrons. The van der Waals surface area contributed by atoms with Crippen LogP contribution in [0.4, 0.5) is 4.39 Å². The lowest BCUT2D eigenvalue weighted by atomic mass is 10.0. The van der Waals surface area contributed by atoms with Gasteiger partial charge in [0.05, 0.1) is 0 Å². The van der Waals surface area contributed by atoms with Crippen molar-refractivity contribution in [2.75, 3.05) is 20.6 Å². The molecule has 1 atom stereocenters. The van der Waals surface area contributed by atoms with E-state index in [0.717, 1.165) is 24.6 Å². The van der Waals surface area contributed by atoms with E-state index in [1.807, 2.05) is 19.2 Å². The predicted molar refractivity (Wildman–Crippen MR) is 77.7 cm³/mol. The van der Waals surface area contributed by atoms with Gasteiger partial charge >= 0.3 is 0 Å². The van der Waals surface area contributed by atoms with Crippen molar-refractivity contribution in [3.8, 4) is 0 Å². The summed E-state index contributed by atoms with van der Waals surface area (Å²) in [4.78, 5) is 2.44. The molecule has 0 bridgehead atoms. The van der Waals surface area contributed by atoms with Crippen molar-refractivity contribution in [2.45, 2.75) is 44.2 Å². The molecule has 2 nitrogen and oxygen atoms in total. The van der Waals surface area contributed by atoms with E-state index < -0.39 is 0 Å². The zero-order valence-corrected chi connectivity index (χ0v) is 12.0. The van der Waals surface area contributed by atoms with Gasteiger partial charge < -0.3 is 10.2 Å². The number of benzene rings is 1. The molecule has 0 amide bonds. The van der Waals surface area contributed by atoms with E-state index in [9.17, 15) is 4.39 Å². The van der Waals surface area contributed by atoms with E-state index in [-0.39, 0.29) is 11.9 Å². The second-order valence-electron chi connectivity index (χ2n) is 5.57. The Hall–Kier alpha value is -0.930. The first-order valence-corrected chi connectivity index (χ1v) is 7.34. The van der Waals surface area contributed by atoms with Crippen molar-refractivity contribution in [3.05, 3.63) is 35.6 Å². The Morgan fingerprint density at radius 3 is 2.63 bits per heavy atom. The molecule has 2 rings (SSSR count). The van der Waals surface area contributed by atoms with Crippen molar-refractivity contribution < 1.29 is 4.39 Å². The Balaban J connectivity index is 1.90. The molecule has 1 aliphatic rings. The van der Waals surface area contributed by atoms with Crippen LogP contribution < -0.4 is 5.32 Å². The van der Waals surface area contributed by atoms with Gasteiger partial charge in [-0.3, -0.25) is 0 Å². The van der Waals surface area contributed by atoms with Gasteiger partial charge in [0.1, 0.15) is 5.82 Å². The van der Waals surface area contributed by atoms with Crippen LogP contribution in [0.3, 0.4) is 0 Å². The first-order chi connectivity index (χ1) is 9.22. The van der Waals surface area contributed by atoms with E-state index in [4.69, 9.17) is 0 Å². The first kappa shape index (κ1) is 14.5. The van der Waals surface area contributed by atoms with Gasteiger partial charge in [0, 0.05) is 17.6 Å². The smallest absolute Gasteiger partial charge is 0.127 e. The third-order valence-electron chi connectivity index (χ3n) is 4.35. The fraction of sp³-hybridized carbons (Fsp3) is 0.625. The molecule has 1 aromatic rings. The lowest BCUT2D eigenvalue weighted by Gasteiger charge is -2.26. The highest BCUT2D eigenvalue weighted by Gasteiger charge is 2.21. The second kappa shape index (κ2) is 7.01. The van der Waals surface area contributed by atoms with Crippen LogP contribution in [0.25, 0.3) is 0 Å². The lowest BCUT2D eigenvalue weighted by Crippen LogP contribution is -2.32. The van der Waals surface area contributed by atoms with Gasteiger partial charge in [-0.05, 0) is 46.0 Å². The first-order valence-electron chi connectivity index (χ1n) is 7.34. The van der Waals surface area contributed by atoms with E-state index in [2.05, 4.69) is 17.3 Å². The Morgan fingerprint density at radius 1 is 1.32 bits per heavy atom. The zero-order valence-electron chi connectivity index (χ0n) is 12.0. The largest absolute Gasteiger partial charge is 0.313 e. The summed E-state index contributed by atoms with van der Waals surface area (Å²) in [6, 6.07) is 7.91. The van der Waals surface area contributed by atoms with Crippen LogP contribution in [0.5, 0.6) is 0 Å². The highest BCUT2D eigenvalue weighted by molar-refractivity contribution is 5.21. The highest BCUT2D eigenvalue weighted by Crippen LogP contribution is 2.24. The normalized spacial score (nSPS) is 18.1. The number of halogens is 1. The van der Waals surface area contributed by atoms with Crippen LogP contribution in [0, 0.1) is 5.82 Å². The summed E-state index contributed by atoms with van der Waals surface area (Å²) in [6.07, 6.45) is 6.31. The summed E-state index contributed by atoms with van der Waals surface area (Å²) in [5, 5.41) is 3.24. The Kier molecular flexibility index (Phi) is 5.34. The van der Waals surface area contributed by atoms with Crippen LogP contribution in [0.1, 0.15) is 43.7 Å². The molecule has 19 heavy (non-hydrogen) atoms. The van der Waals surface area contributed by atoms with Crippen molar-refractivity contribution in [1.82, 2.24) is 10.2 Å². The number of hydrogen-bond donors (Lipinski definition) is 1. The molecule has 0 spiro atoms. The maximum atomic E-state index is 13.8. The lowest BCUT2D eigenvalue weighted by molar-refractivity contribution is 0.232. The molecule has 3 heteroatoms. The minimum absolute atomic E-state index is 0.102. The van der Waals surface area contributed by atoms with Crippen LogP contribution in [0.2, 0.25) is 0 Å². The minimum Gasteiger partial charge on any atom is -0.313 e. The van der Waals surface area contributed by atoms with E-state index in [1.54, 1.807) is 12.1 Å². The fourth-order valence-corrected chi connectivity index (χ4v) is 3.07. The van der Waals surface area contributed by atoms with Crippen molar-refractivity contribution >= 4 is 0 Å². The maximum absolute atomic E-state index is 13.8. The van der Waals surface area contributed by atoms with Gasteiger partial charge in [0.2, 0.25) is 0 Å². The Morgan fingerprint density at radius 2 is 2.00 bits per heavy atom. The number of rotatable bonds is 6. The molecular weight excluding hydrogens is 239 g/mol. The third kappa shape index (κ3) is 3.77. The summed E-state index contributed by atoms with van der Waals surface area (Å²) in [5.41, 5.74) is 0.782.